The normalized spacial score (nSPS) is 12.2. The van der Waals surface area contributed by atoms with Crippen LogP contribution in [-0.4, -0.2) is 34.7 Å². The molecule has 3 aromatic heterocycles. The minimum absolute atomic E-state index is 0.0917. The zero-order chi connectivity index (χ0) is 24.1. The van der Waals surface area contributed by atoms with Gasteiger partial charge >= 0.3 is 5.69 Å². The Kier molecular flexibility index (Phi) is 7.35. The molecular formula is C26H33N7O. The van der Waals surface area contributed by atoms with Gasteiger partial charge in [-0.3, -0.25) is 14.1 Å². The maximum Gasteiger partial charge on any atom is 0.329 e. The molecule has 0 radical (unpaired) electrons. The maximum atomic E-state index is 13.4. The van der Waals surface area contributed by atoms with Crippen LogP contribution in [-0.2, 0) is 13.0 Å². The fourth-order valence-corrected chi connectivity index (χ4v) is 4.50. The van der Waals surface area contributed by atoms with Gasteiger partial charge in [-0.15, -0.1) is 10.2 Å². The molecule has 0 spiro atoms. The lowest BCUT2D eigenvalue weighted by Crippen LogP contribution is -2.27. The molecule has 8 heteroatoms. The molecule has 1 N–H and O–H groups in total. The van der Waals surface area contributed by atoms with E-state index >= 15 is 0 Å². The maximum absolute atomic E-state index is 13.4. The van der Waals surface area contributed by atoms with Crippen LogP contribution in [0, 0.1) is 6.92 Å². The van der Waals surface area contributed by atoms with Gasteiger partial charge in [0.2, 0.25) is 5.82 Å². The molecule has 0 saturated heterocycles. The lowest BCUT2D eigenvalue weighted by molar-refractivity contribution is 0.496. The number of aromatic amines is 1. The lowest BCUT2D eigenvalue weighted by atomic mass is 10.0. The Balaban J connectivity index is 1.65. The number of imidazole rings is 1. The third-order valence-electron chi connectivity index (χ3n) is 6.56. The molecule has 4 rings (SSSR count). The van der Waals surface area contributed by atoms with Gasteiger partial charge in [-0.2, -0.15) is 5.21 Å². The van der Waals surface area contributed by atoms with Crippen LogP contribution in [0.4, 0.5) is 0 Å². The molecule has 8 nitrogen and oxygen atoms in total. The summed E-state index contributed by atoms with van der Waals surface area (Å²) in [4.78, 5) is 17.9. The third-order valence-corrected chi connectivity index (χ3v) is 6.56. The number of H-pyrrole nitrogens is 1. The van der Waals surface area contributed by atoms with Crippen molar-refractivity contribution in [3.05, 3.63) is 70.0 Å². The number of hydrogen-bond acceptors (Lipinski definition) is 5. The van der Waals surface area contributed by atoms with Crippen LogP contribution in [0.2, 0.25) is 0 Å². The van der Waals surface area contributed by atoms with Crippen molar-refractivity contribution in [2.45, 2.75) is 72.4 Å². The first-order valence-electron chi connectivity index (χ1n) is 12.1. The first-order chi connectivity index (χ1) is 16.5. The van der Waals surface area contributed by atoms with Crippen LogP contribution in [0.1, 0.15) is 69.4 Å². The van der Waals surface area contributed by atoms with Gasteiger partial charge in [0, 0.05) is 29.2 Å². The standard InChI is InChI=1S/C26H33N7O/c1-5-7-8-11-23-19(4)33(18(3)6-2)26(34)32(23)17-20-12-14-21(15-13-20)22-10-9-16-27-24(22)25-28-30-31-29-25/h9-10,12-16,18H,5-8,11,17H2,1-4H3,(H,28,29,30,31). The van der Waals surface area contributed by atoms with Crippen molar-refractivity contribution in [3.8, 4) is 22.6 Å². The summed E-state index contributed by atoms with van der Waals surface area (Å²) in [5.41, 5.74) is 6.08. The third kappa shape index (κ3) is 4.71. The number of nitrogens with one attached hydrogen (secondary N) is 1. The average Bonchev–Trinajstić information content (AvgIpc) is 3.47. The number of benzene rings is 1. The van der Waals surface area contributed by atoms with Gasteiger partial charge in [0.25, 0.3) is 0 Å². The van der Waals surface area contributed by atoms with Crippen LogP contribution >= 0.6 is 0 Å². The molecule has 1 atom stereocenters. The Bertz CT molecular complexity index is 1270. The average molecular weight is 460 g/mol. The minimum atomic E-state index is 0.0917. The molecule has 1 aromatic carbocycles. The van der Waals surface area contributed by atoms with Gasteiger partial charge in [-0.25, -0.2) is 4.79 Å². The predicted octanol–water partition coefficient (Wildman–Crippen LogP) is 4.95. The minimum Gasteiger partial charge on any atom is -0.294 e. The number of rotatable bonds is 10. The molecule has 4 aromatic rings. The van der Waals surface area contributed by atoms with Crippen LogP contribution in [0.5, 0.6) is 0 Å². The van der Waals surface area contributed by atoms with Crippen molar-refractivity contribution in [1.29, 1.82) is 0 Å². The molecule has 1 unspecified atom stereocenters. The van der Waals surface area contributed by atoms with E-state index < -0.39 is 0 Å². The number of tetrazole rings is 1. The fourth-order valence-electron chi connectivity index (χ4n) is 4.50. The van der Waals surface area contributed by atoms with Crippen LogP contribution in [0.25, 0.3) is 22.6 Å². The molecule has 0 aliphatic rings. The molecule has 178 valence electrons. The number of nitrogens with zero attached hydrogens (tertiary/aromatic N) is 6. The smallest absolute Gasteiger partial charge is 0.294 e. The monoisotopic (exact) mass is 459 g/mol. The Labute approximate surface area is 200 Å². The Hall–Kier alpha value is -3.55. The Morgan fingerprint density at radius 2 is 1.88 bits per heavy atom. The topological polar surface area (TPSA) is 94.3 Å². The Morgan fingerprint density at radius 1 is 1.09 bits per heavy atom. The van der Waals surface area contributed by atoms with E-state index in [1.54, 1.807) is 6.20 Å². The highest BCUT2D eigenvalue weighted by Gasteiger charge is 2.20. The molecule has 0 aliphatic heterocycles. The lowest BCUT2D eigenvalue weighted by Gasteiger charge is -2.11. The summed E-state index contributed by atoms with van der Waals surface area (Å²) in [7, 11) is 0. The van der Waals surface area contributed by atoms with E-state index in [9.17, 15) is 4.79 Å². The summed E-state index contributed by atoms with van der Waals surface area (Å²) in [6, 6.07) is 12.4. The summed E-state index contributed by atoms with van der Waals surface area (Å²) in [5.74, 6) is 0.463. The van der Waals surface area contributed by atoms with E-state index in [2.05, 4.69) is 77.6 Å². The molecule has 3 heterocycles. The second kappa shape index (κ2) is 10.6. The quantitative estimate of drug-likeness (QED) is 0.339. The number of unbranched alkanes of at least 4 members (excludes halogenated alkanes) is 2. The van der Waals surface area contributed by atoms with Crippen LogP contribution in [0.3, 0.4) is 0 Å². The summed E-state index contributed by atoms with van der Waals surface area (Å²) < 4.78 is 3.95. The predicted molar refractivity (Wildman–Crippen MR) is 134 cm³/mol. The zero-order valence-corrected chi connectivity index (χ0v) is 20.5. The summed E-state index contributed by atoms with van der Waals surface area (Å²) in [6.45, 7) is 9.12. The number of pyridine rings is 1. The highest BCUT2D eigenvalue weighted by molar-refractivity contribution is 5.77. The van der Waals surface area contributed by atoms with Gasteiger partial charge in [0.05, 0.1) is 6.54 Å². The van der Waals surface area contributed by atoms with E-state index in [1.807, 2.05) is 21.3 Å². The van der Waals surface area contributed by atoms with Crippen molar-refractivity contribution in [3.63, 3.8) is 0 Å². The van der Waals surface area contributed by atoms with E-state index in [-0.39, 0.29) is 11.7 Å². The second-order valence-corrected chi connectivity index (χ2v) is 8.82. The zero-order valence-electron chi connectivity index (χ0n) is 20.5. The van der Waals surface area contributed by atoms with Crippen molar-refractivity contribution in [2.24, 2.45) is 0 Å². The van der Waals surface area contributed by atoms with E-state index in [1.165, 1.54) is 6.42 Å². The molecule has 0 aliphatic carbocycles. The Morgan fingerprint density at radius 3 is 2.56 bits per heavy atom. The molecule has 0 saturated carbocycles. The van der Waals surface area contributed by atoms with E-state index in [0.717, 1.165) is 53.8 Å². The highest BCUT2D eigenvalue weighted by atomic mass is 16.1. The first kappa shape index (κ1) is 23.6. The molecule has 0 amide bonds. The van der Waals surface area contributed by atoms with Crippen molar-refractivity contribution < 1.29 is 0 Å². The SMILES string of the molecule is CCCCCc1c(C)n(C(C)CC)c(=O)n1Cc1ccc(-c2cccnc2-c2nn[nH]n2)cc1. The van der Waals surface area contributed by atoms with Gasteiger partial charge in [-0.1, -0.05) is 57.0 Å². The van der Waals surface area contributed by atoms with E-state index in [4.69, 9.17) is 0 Å². The molecule has 0 bridgehead atoms. The van der Waals surface area contributed by atoms with Crippen molar-refractivity contribution in [1.82, 2.24) is 34.7 Å². The van der Waals surface area contributed by atoms with Gasteiger partial charge < -0.3 is 0 Å². The highest BCUT2D eigenvalue weighted by Crippen LogP contribution is 2.28. The van der Waals surface area contributed by atoms with Crippen LogP contribution in [0.15, 0.2) is 47.4 Å². The summed E-state index contributed by atoms with van der Waals surface area (Å²) in [6.07, 6.45) is 7.02. The summed E-state index contributed by atoms with van der Waals surface area (Å²) >= 11 is 0. The van der Waals surface area contributed by atoms with Crippen molar-refractivity contribution >= 4 is 0 Å². The fraction of sp³-hybridized carbons (Fsp3) is 0.423. The number of hydrogen-bond donors (Lipinski definition) is 1. The van der Waals surface area contributed by atoms with Gasteiger partial charge in [0.15, 0.2) is 0 Å². The molecule has 0 fully saturated rings. The molecular weight excluding hydrogens is 426 g/mol. The van der Waals surface area contributed by atoms with Gasteiger partial charge in [0.1, 0.15) is 5.69 Å². The second-order valence-electron chi connectivity index (χ2n) is 8.82. The molecule has 34 heavy (non-hydrogen) atoms. The first-order valence-corrected chi connectivity index (χ1v) is 12.1. The van der Waals surface area contributed by atoms with Crippen LogP contribution < -0.4 is 5.69 Å². The summed E-state index contributed by atoms with van der Waals surface area (Å²) in [5, 5.41) is 14.3. The van der Waals surface area contributed by atoms with E-state index in [0.29, 0.717) is 18.1 Å². The van der Waals surface area contributed by atoms with Crippen molar-refractivity contribution in [2.75, 3.05) is 0 Å². The van der Waals surface area contributed by atoms with Gasteiger partial charge in [-0.05, 0) is 55.5 Å². The number of aromatic nitrogens is 7. The largest absolute Gasteiger partial charge is 0.329 e.